The number of benzene rings is 2. The van der Waals surface area contributed by atoms with Gasteiger partial charge in [0.1, 0.15) is 5.82 Å². The van der Waals surface area contributed by atoms with E-state index in [1.54, 1.807) is 12.1 Å². The SMILES string of the molecule is CCC(N)Cc1cccc(F)c1N1CCN(Cc2ccccc2)CC1. The quantitative estimate of drug-likeness (QED) is 0.874. The van der Waals surface area contributed by atoms with Crippen molar-refractivity contribution in [3.05, 3.63) is 65.5 Å². The highest BCUT2D eigenvalue weighted by molar-refractivity contribution is 5.55. The van der Waals surface area contributed by atoms with Crippen molar-refractivity contribution >= 4 is 5.69 Å². The summed E-state index contributed by atoms with van der Waals surface area (Å²) >= 11 is 0. The third-order valence-electron chi connectivity index (χ3n) is 5.01. The maximum atomic E-state index is 14.5. The fourth-order valence-corrected chi connectivity index (χ4v) is 3.48. The van der Waals surface area contributed by atoms with Gasteiger partial charge < -0.3 is 10.6 Å². The minimum absolute atomic E-state index is 0.0833. The Hall–Kier alpha value is -1.91. The Labute approximate surface area is 150 Å². The van der Waals surface area contributed by atoms with Crippen LogP contribution in [0.15, 0.2) is 48.5 Å². The Morgan fingerprint density at radius 1 is 1.00 bits per heavy atom. The van der Waals surface area contributed by atoms with Crippen molar-refractivity contribution in [3.8, 4) is 0 Å². The van der Waals surface area contributed by atoms with Gasteiger partial charge in [-0.1, -0.05) is 49.4 Å². The normalized spacial score (nSPS) is 16.8. The summed E-state index contributed by atoms with van der Waals surface area (Å²) in [6.07, 6.45) is 1.63. The smallest absolute Gasteiger partial charge is 0.146 e. The molecule has 3 nitrogen and oxygen atoms in total. The number of rotatable bonds is 6. The highest BCUT2D eigenvalue weighted by Gasteiger charge is 2.22. The van der Waals surface area contributed by atoms with Crippen LogP contribution in [0.3, 0.4) is 0 Å². The van der Waals surface area contributed by atoms with Gasteiger partial charge >= 0.3 is 0 Å². The molecule has 1 unspecified atom stereocenters. The maximum absolute atomic E-state index is 14.5. The molecule has 2 aromatic rings. The van der Waals surface area contributed by atoms with Crippen molar-refractivity contribution in [2.45, 2.75) is 32.4 Å². The zero-order valence-corrected chi connectivity index (χ0v) is 15.0. The first kappa shape index (κ1) is 17.9. The molecule has 1 aliphatic heterocycles. The second-order valence-corrected chi connectivity index (χ2v) is 6.87. The molecule has 0 radical (unpaired) electrons. The van der Waals surface area contributed by atoms with Crippen LogP contribution in [0.1, 0.15) is 24.5 Å². The van der Waals surface area contributed by atoms with Gasteiger partial charge in [-0.2, -0.15) is 0 Å². The Bertz CT molecular complexity index is 666. The second-order valence-electron chi connectivity index (χ2n) is 6.87. The van der Waals surface area contributed by atoms with Crippen molar-refractivity contribution in [2.24, 2.45) is 5.73 Å². The molecule has 0 saturated carbocycles. The zero-order chi connectivity index (χ0) is 17.6. The third-order valence-corrected chi connectivity index (χ3v) is 5.01. The van der Waals surface area contributed by atoms with Gasteiger partial charge in [0.05, 0.1) is 5.69 Å². The van der Waals surface area contributed by atoms with Crippen LogP contribution in [0, 0.1) is 5.82 Å². The van der Waals surface area contributed by atoms with E-state index in [4.69, 9.17) is 5.73 Å². The lowest BCUT2D eigenvalue weighted by atomic mass is 10.0. The van der Waals surface area contributed by atoms with Crippen LogP contribution in [-0.4, -0.2) is 37.1 Å². The number of nitrogens with zero attached hydrogens (tertiary/aromatic N) is 2. The minimum Gasteiger partial charge on any atom is -0.366 e. The van der Waals surface area contributed by atoms with E-state index in [9.17, 15) is 4.39 Å². The molecule has 1 aliphatic rings. The predicted octanol–water partition coefficient (Wildman–Crippen LogP) is 3.43. The van der Waals surface area contributed by atoms with Gasteiger partial charge in [-0.25, -0.2) is 4.39 Å². The molecule has 1 heterocycles. The van der Waals surface area contributed by atoms with E-state index in [0.29, 0.717) is 0 Å². The molecule has 2 N–H and O–H groups in total. The van der Waals surface area contributed by atoms with Gasteiger partial charge in [0.2, 0.25) is 0 Å². The van der Waals surface area contributed by atoms with Crippen LogP contribution in [0.4, 0.5) is 10.1 Å². The maximum Gasteiger partial charge on any atom is 0.146 e. The summed E-state index contributed by atoms with van der Waals surface area (Å²) in [5.74, 6) is -0.127. The lowest BCUT2D eigenvalue weighted by molar-refractivity contribution is 0.249. The Morgan fingerprint density at radius 2 is 1.72 bits per heavy atom. The molecule has 2 aromatic carbocycles. The van der Waals surface area contributed by atoms with Crippen molar-refractivity contribution in [1.82, 2.24) is 4.90 Å². The molecule has 0 amide bonds. The summed E-state index contributed by atoms with van der Waals surface area (Å²) in [7, 11) is 0. The van der Waals surface area contributed by atoms with Crippen molar-refractivity contribution in [1.29, 1.82) is 0 Å². The molecular weight excluding hydrogens is 313 g/mol. The Balaban J connectivity index is 1.66. The number of piperazine rings is 1. The average molecular weight is 341 g/mol. The topological polar surface area (TPSA) is 32.5 Å². The molecule has 1 fully saturated rings. The Kier molecular flexibility index (Phi) is 6.05. The van der Waals surface area contributed by atoms with Gasteiger partial charge in [-0.15, -0.1) is 0 Å². The van der Waals surface area contributed by atoms with Crippen LogP contribution < -0.4 is 10.6 Å². The fraction of sp³-hybridized carbons (Fsp3) is 0.429. The molecule has 4 heteroatoms. The third kappa shape index (κ3) is 4.59. The van der Waals surface area contributed by atoms with E-state index in [0.717, 1.165) is 56.8 Å². The predicted molar refractivity (Wildman–Crippen MR) is 102 cm³/mol. The molecular formula is C21H28FN3. The monoisotopic (exact) mass is 341 g/mol. The molecule has 0 aliphatic carbocycles. The first-order chi connectivity index (χ1) is 12.2. The summed E-state index contributed by atoms with van der Waals surface area (Å²) in [5, 5.41) is 0. The van der Waals surface area contributed by atoms with Crippen molar-refractivity contribution in [3.63, 3.8) is 0 Å². The molecule has 1 saturated heterocycles. The van der Waals surface area contributed by atoms with Crippen molar-refractivity contribution < 1.29 is 4.39 Å². The summed E-state index contributed by atoms with van der Waals surface area (Å²) < 4.78 is 14.5. The molecule has 3 rings (SSSR count). The molecule has 134 valence electrons. The van der Waals surface area contributed by atoms with Crippen LogP contribution in [0.2, 0.25) is 0 Å². The van der Waals surface area contributed by atoms with E-state index in [1.165, 1.54) is 5.56 Å². The van der Waals surface area contributed by atoms with E-state index in [2.05, 4.69) is 41.0 Å². The lowest BCUT2D eigenvalue weighted by Crippen LogP contribution is -2.46. The summed E-state index contributed by atoms with van der Waals surface area (Å²) in [6, 6.07) is 16.0. The van der Waals surface area contributed by atoms with Gasteiger partial charge in [0.15, 0.2) is 0 Å². The van der Waals surface area contributed by atoms with Crippen LogP contribution in [0.25, 0.3) is 0 Å². The average Bonchev–Trinajstić information content (AvgIpc) is 2.64. The fourth-order valence-electron chi connectivity index (χ4n) is 3.48. The standard InChI is InChI=1S/C21H28FN3/c1-2-19(23)15-18-9-6-10-20(22)21(18)25-13-11-24(12-14-25)16-17-7-4-3-5-8-17/h3-10,19H,2,11-16,23H2,1H3. The molecule has 0 aromatic heterocycles. The number of hydrogen-bond donors (Lipinski definition) is 1. The van der Waals surface area contributed by atoms with Crippen molar-refractivity contribution in [2.75, 3.05) is 31.1 Å². The number of hydrogen-bond acceptors (Lipinski definition) is 3. The van der Waals surface area contributed by atoms with Crippen LogP contribution in [0.5, 0.6) is 0 Å². The van der Waals surface area contributed by atoms with Crippen LogP contribution in [-0.2, 0) is 13.0 Å². The summed E-state index contributed by atoms with van der Waals surface area (Å²) in [6.45, 7) is 6.63. The van der Waals surface area contributed by atoms with E-state index >= 15 is 0 Å². The highest BCUT2D eigenvalue weighted by atomic mass is 19.1. The van der Waals surface area contributed by atoms with Gasteiger partial charge in [-0.05, 0) is 30.0 Å². The Morgan fingerprint density at radius 3 is 2.40 bits per heavy atom. The van der Waals surface area contributed by atoms with Crippen LogP contribution >= 0.6 is 0 Å². The number of halogens is 1. The summed E-state index contributed by atoms with van der Waals surface area (Å²) in [5.41, 5.74) is 9.23. The van der Waals surface area contributed by atoms with Gasteiger partial charge in [0.25, 0.3) is 0 Å². The largest absolute Gasteiger partial charge is 0.366 e. The van der Waals surface area contributed by atoms with Gasteiger partial charge in [-0.3, -0.25) is 4.90 Å². The van der Waals surface area contributed by atoms with E-state index in [1.807, 2.05) is 12.1 Å². The first-order valence-electron chi connectivity index (χ1n) is 9.21. The molecule has 0 bridgehead atoms. The minimum atomic E-state index is -0.127. The number of anilines is 1. The summed E-state index contributed by atoms with van der Waals surface area (Å²) in [4.78, 5) is 4.62. The van der Waals surface area contributed by atoms with Gasteiger partial charge in [0, 0.05) is 38.8 Å². The number of nitrogens with two attached hydrogens (primary N) is 1. The zero-order valence-electron chi connectivity index (χ0n) is 15.0. The van der Waals surface area contributed by atoms with E-state index < -0.39 is 0 Å². The highest BCUT2D eigenvalue weighted by Crippen LogP contribution is 2.27. The van der Waals surface area contributed by atoms with E-state index in [-0.39, 0.29) is 11.9 Å². The number of para-hydroxylation sites is 1. The first-order valence-corrected chi connectivity index (χ1v) is 9.21. The second kappa shape index (κ2) is 8.45. The molecule has 1 atom stereocenters. The molecule has 0 spiro atoms. The lowest BCUT2D eigenvalue weighted by Gasteiger charge is -2.37. The molecule has 25 heavy (non-hydrogen) atoms.